The minimum Gasteiger partial charge on any atom is -0.467 e. The number of aromatic nitrogens is 1. The van der Waals surface area contributed by atoms with Crippen molar-refractivity contribution in [2.45, 2.75) is 25.8 Å². The third-order valence-corrected chi connectivity index (χ3v) is 4.03. The molecule has 0 spiro atoms. The molecule has 21 heavy (non-hydrogen) atoms. The van der Waals surface area contributed by atoms with E-state index in [0.29, 0.717) is 18.0 Å². The molecule has 0 radical (unpaired) electrons. The molecular formula is C16H18N2O3. The number of nitrogens with zero attached hydrogens (tertiary/aromatic N) is 1. The Bertz CT molecular complexity index is 655. The number of hydrogen-bond acceptors (Lipinski definition) is 3. The van der Waals surface area contributed by atoms with Crippen molar-refractivity contribution in [1.29, 1.82) is 0 Å². The van der Waals surface area contributed by atoms with Crippen LogP contribution in [0.25, 0.3) is 0 Å². The first kappa shape index (κ1) is 13.7. The van der Waals surface area contributed by atoms with Crippen LogP contribution in [-0.4, -0.2) is 22.3 Å². The van der Waals surface area contributed by atoms with Gasteiger partial charge in [0.25, 0.3) is 5.91 Å². The largest absolute Gasteiger partial charge is 0.467 e. The first-order valence-corrected chi connectivity index (χ1v) is 7.18. The third kappa shape index (κ3) is 2.77. The normalized spacial score (nSPS) is 22.2. The molecule has 110 valence electrons. The lowest BCUT2D eigenvalue weighted by molar-refractivity contribution is 0.0520. The average Bonchev–Trinajstić information content (AvgIpc) is 3.01. The van der Waals surface area contributed by atoms with E-state index in [9.17, 15) is 9.59 Å². The molecule has 0 aromatic carbocycles. The summed E-state index contributed by atoms with van der Waals surface area (Å²) in [6.45, 7) is 2.89. The van der Waals surface area contributed by atoms with Crippen LogP contribution in [0.4, 0.5) is 0 Å². The first-order chi connectivity index (χ1) is 10.1. The van der Waals surface area contributed by atoms with Crippen LogP contribution in [0.1, 0.15) is 41.9 Å². The zero-order valence-electron chi connectivity index (χ0n) is 11.9. The zero-order chi connectivity index (χ0) is 14.8. The minimum atomic E-state index is -0.207. The van der Waals surface area contributed by atoms with Crippen LogP contribution < -0.4 is 5.56 Å². The minimum absolute atomic E-state index is 0.0387. The Hall–Kier alpha value is -2.30. The van der Waals surface area contributed by atoms with Gasteiger partial charge in [-0.25, -0.2) is 0 Å². The Morgan fingerprint density at radius 3 is 2.90 bits per heavy atom. The molecule has 1 amide bonds. The quantitative estimate of drug-likeness (QED) is 0.922. The summed E-state index contributed by atoms with van der Waals surface area (Å²) >= 11 is 0. The molecule has 1 aliphatic rings. The van der Waals surface area contributed by atoms with Crippen molar-refractivity contribution in [3.63, 3.8) is 0 Å². The van der Waals surface area contributed by atoms with Crippen molar-refractivity contribution in [2.24, 2.45) is 5.92 Å². The van der Waals surface area contributed by atoms with Crippen LogP contribution in [0.3, 0.4) is 0 Å². The number of carbonyl (C=O) groups excluding carboxylic acids is 1. The summed E-state index contributed by atoms with van der Waals surface area (Å²) in [4.78, 5) is 28.2. The highest BCUT2D eigenvalue weighted by Gasteiger charge is 2.33. The van der Waals surface area contributed by atoms with E-state index in [-0.39, 0.29) is 17.5 Å². The summed E-state index contributed by atoms with van der Waals surface area (Å²) in [5.41, 5.74) is 0.294. The molecule has 1 fully saturated rings. The van der Waals surface area contributed by atoms with Crippen molar-refractivity contribution in [3.8, 4) is 0 Å². The van der Waals surface area contributed by atoms with Gasteiger partial charge in [0.15, 0.2) is 0 Å². The number of furan rings is 1. The lowest BCUT2D eigenvalue weighted by atomic mass is 9.90. The Kier molecular flexibility index (Phi) is 3.64. The van der Waals surface area contributed by atoms with Crippen molar-refractivity contribution in [3.05, 3.63) is 58.4 Å². The zero-order valence-corrected chi connectivity index (χ0v) is 11.9. The Morgan fingerprint density at radius 2 is 2.24 bits per heavy atom. The highest BCUT2D eigenvalue weighted by Crippen LogP contribution is 2.35. The SMILES string of the molecule is C[C@@H]1CCN(C(=O)c2ccc(=O)[nH]c2)[C@@H](c2ccco2)C1. The van der Waals surface area contributed by atoms with E-state index in [2.05, 4.69) is 11.9 Å². The van der Waals surface area contributed by atoms with Crippen molar-refractivity contribution in [1.82, 2.24) is 9.88 Å². The van der Waals surface area contributed by atoms with Crippen LogP contribution in [0.15, 0.2) is 45.9 Å². The molecule has 0 aliphatic carbocycles. The van der Waals surface area contributed by atoms with E-state index >= 15 is 0 Å². The van der Waals surface area contributed by atoms with E-state index < -0.39 is 0 Å². The van der Waals surface area contributed by atoms with E-state index in [1.807, 2.05) is 17.0 Å². The molecule has 0 saturated carbocycles. The van der Waals surface area contributed by atoms with Crippen molar-refractivity contribution in [2.75, 3.05) is 6.54 Å². The third-order valence-electron chi connectivity index (χ3n) is 4.03. The van der Waals surface area contributed by atoms with Crippen LogP contribution in [-0.2, 0) is 0 Å². The molecule has 3 heterocycles. The summed E-state index contributed by atoms with van der Waals surface area (Å²) in [7, 11) is 0. The van der Waals surface area contributed by atoms with Gasteiger partial charge in [-0.05, 0) is 37.0 Å². The van der Waals surface area contributed by atoms with Crippen molar-refractivity contribution >= 4 is 5.91 Å². The van der Waals surface area contributed by atoms with Gasteiger partial charge in [0.2, 0.25) is 5.56 Å². The van der Waals surface area contributed by atoms with Gasteiger partial charge >= 0.3 is 0 Å². The lowest BCUT2D eigenvalue weighted by Crippen LogP contribution is -2.40. The molecule has 2 atom stereocenters. The van der Waals surface area contributed by atoms with Gasteiger partial charge in [-0.2, -0.15) is 0 Å². The number of hydrogen-bond donors (Lipinski definition) is 1. The number of amides is 1. The summed E-state index contributed by atoms with van der Waals surface area (Å²) < 4.78 is 5.51. The highest BCUT2D eigenvalue weighted by atomic mass is 16.3. The van der Waals surface area contributed by atoms with Gasteiger partial charge in [-0.15, -0.1) is 0 Å². The monoisotopic (exact) mass is 286 g/mol. The van der Waals surface area contributed by atoms with E-state index in [1.54, 1.807) is 12.3 Å². The fourth-order valence-corrected chi connectivity index (χ4v) is 2.84. The number of nitrogens with one attached hydrogen (secondary N) is 1. The molecule has 1 aliphatic heterocycles. The molecule has 2 aromatic heterocycles. The summed E-state index contributed by atoms with van der Waals surface area (Å²) in [6, 6.07) is 6.66. The Balaban J connectivity index is 1.89. The second-order valence-corrected chi connectivity index (χ2v) is 5.60. The van der Waals surface area contributed by atoms with Crippen LogP contribution in [0.5, 0.6) is 0 Å². The fraction of sp³-hybridized carbons (Fsp3) is 0.375. The number of pyridine rings is 1. The number of H-pyrrole nitrogens is 1. The lowest BCUT2D eigenvalue weighted by Gasteiger charge is -2.37. The molecule has 3 rings (SSSR count). The fourth-order valence-electron chi connectivity index (χ4n) is 2.84. The van der Waals surface area contributed by atoms with E-state index in [4.69, 9.17) is 4.42 Å². The van der Waals surface area contributed by atoms with Crippen LogP contribution >= 0.6 is 0 Å². The molecule has 1 saturated heterocycles. The highest BCUT2D eigenvalue weighted by molar-refractivity contribution is 5.94. The van der Waals surface area contributed by atoms with E-state index in [0.717, 1.165) is 18.6 Å². The molecule has 0 bridgehead atoms. The first-order valence-electron chi connectivity index (χ1n) is 7.18. The Labute approximate surface area is 122 Å². The number of rotatable bonds is 2. The number of aromatic amines is 1. The van der Waals surface area contributed by atoms with Crippen molar-refractivity contribution < 1.29 is 9.21 Å². The maximum Gasteiger partial charge on any atom is 0.255 e. The average molecular weight is 286 g/mol. The van der Waals surface area contributed by atoms with Gasteiger partial charge in [-0.3, -0.25) is 9.59 Å². The number of likely N-dealkylation sites (tertiary alicyclic amines) is 1. The maximum absolute atomic E-state index is 12.7. The number of carbonyl (C=O) groups is 1. The second kappa shape index (κ2) is 5.60. The standard InChI is InChI=1S/C16H18N2O3/c1-11-6-7-18(13(9-11)14-3-2-8-21-14)16(20)12-4-5-15(19)17-10-12/h2-5,8,10-11,13H,6-7,9H2,1H3,(H,17,19)/t11-,13-/m1/s1. The van der Waals surface area contributed by atoms with Gasteiger partial charge in [0.05, 0.1) is 17.9 Å². The summed E-state index contributed by atoms with van der Waals surface area (Å²) in [6.07, 6.45) is 4.98. The van der Waals surface area contributed by atoms with Gasteiger partial charge < -0.3 is 14.3 Å². The number of piperidine rings is 1. The predicted molar refractivity (Wildman–Crippen MR) is 77.9 cm³/mol. The molecule has 2 aromatic rings. The topological polar surface area (TPSA) is 66.3 Å². The smallest absolute Gasteiger partial charge is 0.255 e. The van der Waals surface area contributed by atoms with Crippen LogP contribution in [0.2, 0.25) is 0 Å². The molecule has 0 unspecified atom stereocenters. The van der Waals surface area contributed by atoms with E-state index in [1.165, 1.54) is 12.3 Å². The molecule has 5 nitrogen and oxygen atoms in total. The van der Waals surface area contributed by atoms with Gasteiger partial charge in [0.1, 0.15) is 5.76 Å². The van der Waals surface area contributed by atoms with Crippen LogP contribution in [0, 0.1) is 5.92 Å². The van der Waals surface area contributed by atoms with Gasteiger partial charge in [0, 0.05) is 18.8 Å². The molecular weight excluding hydrogens is 268 g/mol. The molecule has 1 N–H and O–H groups in total. The predicted octanol–water partition coefficient (Wildman–Crippen LogP) is 2.58. The summed E-state index contributed by atoms with van der Waals surface area (Å²) in [5, 5.41) is 0. The second-order valence-electron chi connectivity index (χ2n) is 5.60. The molecule has 5 heteroatoms. The van der Waals surface area contributed by atoms with Gasteiger partial charge in [-0.1, -0.05) is 6.92 Å². The Morgan fingerprint density at radius 1 is 1.38 bits per heavy atom. The maximum atomic E-state index is 12.7. The summed E-state index contributed by atoms with van der Waals surface area (Å²) in [5.74, 6) is 1.30.